The number of hydrogen-bond acceptors (Lipinski definition) is 8. The second-order valence-corrected chi connectivity index (χ2v) is 12.0. The molecule has 12 heteroatoms. The second-order valence-electron chi connectivity index (χ2n) is 12.0. The highest BCUT2D eigenvalue weighted by Crippen LogP contribution is 2.26. The van der Waals surface area contributed by atoms with E-state index in [4.69, 9.17) is 9.47 Å². The molecular formula is C34H39FN6O5. The SMILES string of the molecule is O=C1N[C@@H]2C[C@@H](C(=O)N3CCC(CC3)CN(C(=O)c3ccccc3F)CCOCCOc3cccc1n3)N(Cc1ccccn1)C2. The molecule has 2 saturated heterocycles. The first-order valence-corrected chi connectivity index (χ1v) is 15.9. The Balaban J connectivity index is 1.22. The van der Waals surface area contributed by atoms with Crippen LogP contribution in [-0.4, -0.2) is 107 Å². The fraction of sp³-hybridized carbons (Fsp3) is 0.441. The van der Waals surface area contributed by atoms with Crippen molar-refractivity contribution >= 4 is 17.7 Å². The predicted octanol–water partition coefficient (Wildman–Crippen LogP) is 2.78. The standard InChI is InChI=1S/C34H39FN6O5/c35-28-8-2-1-7-27(28)33(43)40-16-17-45-18-19-46-31-10-5-9-29(38-31)32(42)37-26-20-30(34(44)39-14-11-24(21-40)12-15-39)41(23-26)22-25-6-3-4-13-36-25/h1-10,13,24,26,30H,11-12,14-23H2,(H,37,42)/t26-,30+/m1/s1. The summed E-state index contributed by atoms with van der Waals surface area (Å²) in [5.74, 6) is -0.802. The van der Waals surface area contributed by atoms with E-state index >= 15 is 0 Å². The van der Waals surface area contributed by atoms with Gasteiger partial charge in [-0.05, 0) is 55.5 Å². The van der Waals surface area contributed by atoms with Crippen molar-refractivity contribution in [3.8, 4) is 5.88 Å². The summed E-state index contributed by atoms with van der Waals surface area (Å²) >= 11 is 0. The molecule has 4 aliphatic heterocycles. The number of piperidine rings is 1. The van der Waals surface area contributed by atoms with Gasteiger partial charge >= 0.3 is 0 Å². The molecule has 0 spiro atoms. The molecule has 2 aromatic heterocycles. The average Bonchev–Trinajstić information content (AvgIpc) is 3.47. The van der Waals surface area contributed by atoms with Crippen molar-refractivity contribution in [3.05, 3.63) is 89.6 Å². The Kier molecular flexibility index (Phi) is 10.1. The summed E-state index contributed by atoms with van der Waals surface area (Å²) in [6, 6.07) is 16.0. The molecule has 0 saturated carbocycles. The van der Waals surface area contributed by atoms with E-state index in [0.29, 0.717) is 45.0 Å². The Hall–Kier alpha value is -4.42. The third-order valence-electron chi connectivity index (χ3n) is 8.85. The van der Waals surface area contributed by atoms with Crippen LogP contribution in [0.5, 0.6) is 5.88 Å². The lowest BCUT2D eigenvalue weighted by molar-refractivity contribution is -0.137. The van der Waals surface area contributed by atoms with Gasteiger partial charge < -0.3 is 24.6 Å². The number of ether oxygens (including phenoxy) is 2. The van der Waals surface area contributed by atoms with E-state index in [9.17, 15) is 18.8 Å². The number of benzene rings is 1. The number of rotatable bonds is 3. The number of carbonyl (C=O) groups excluding carboxylic acids is 3. The summed E-state index contributed by atoms with van der Waals surface area (Å²) in [5.41, 5.74) is 1.10. The van der Waals surface area contributed by atoms with Gasteiger partial charge in [0.2, 0.25) is 11.8 Å². The average molecular weight is 631 g/mol. The van der Waals surface area contributed by atoms with Gasteiger partial charge in [0.25, 0.3) is 11.8 Å². The minimum absolute atomic E-state index is 0.0261. The lowest BCUT2D eigenvalue weighted by atomic mass is 9.95. The molecule has 46 heavy (non-hydrogen) atoms. The molecule has 1 aromatic carbocycles. The van der Waals surface area contributed by atoms with Crippen LogP contribution < -0.4 is 10.1 Å². The van der Waals surface area contributed by atoms with Crippen molar-refractivity contribution in [2.75, 3.05) is 52.5 Å². The van der Waals surface area contributed by atoms with Crippen molar-refractivity contribution in [1.29, 1.82) is 0 Å². The number of nitrogens with zero attached hydrogens (tertiary/aromatic N) is 5. The summed E-state index contributed by atoms with van der Waals surface area (Å²) in [6.45, 7) is 3.50. The molecule has 0 aliphatic carbocycles. The van der Waals surface area contributed by atoms with Gasteiger partial charge in [0.15, 0.2) is 0 Å². The first kappa shape index (κ1) is 31.6. The Morgan fingerprint density at radius 2 is 1.76 bits per heavy atom. The summed E-state index contributed by atoms with van der Waals surface area (Å²) in [5, 5.41) is 3.08. The second kappa shape index (κ2) is 14.8. The molecule has 3 aromatic rings. The number of nitrogens with one attached hydrogen (secondary N) is 1. The molecule has 11 nitrogen and oxygen atoms in total. The van der Waals surface area contributed by atoms with Crippen molar-refractivity contribution < 1.29 is 28.2 Å². The smallest absolute Gasteiger partial charge is 0.270 e. The zero-order valence-electron chi connectivity index (χ0n) is 25.7. The van der Waals surface area contributed by atoms with Gasteiger partial charge in [-0.15, -0.1) is 0 Å². The Labute approximate surface area is 267 Å². The molecule has 2 atom stereocenters. The molecule has 4 aliphatic rings. The lowest BCUT2D eigenvalue weighted by Gasteiger charge is -2.37. The maximum atomic E-state index is 14.6. The molecule has 6 bridgehead atoms. The van der Waals surface area contributed by atoms with E-state index in [0.717, 1.165) is 18.5 Å². The van der Waals surface area contributed by atoms with Crippen molar-refractivity contribution in [2.24, 2.45) is 5.92 Å². The van der Waals surface area contributed by atoms with Gasteiger partial charge in [0.1, 0.15) is 18.1 Å². The normalized spacial score (nSPS) is 23.4. The van der Waals surface area contributed by atoms with Crippen LogP contribution >= 0.6 is 0 Å². The number of carbonyl (C=O) groups is 3. The predicted molar refractivity (Wildman–Crippen MR) is 166 cm³/mol. The van der Waals surface area contributed by atoms with Crippen molar-refractivity contribution in [3.63, 3.8) is 0 Å². The summed E-state index contributed by atoms with van der Waals surface area (Å²) in [7, 11) is 0. The highest BCUT2D eigenvalue weighted by Gasteiger charge is 2.40. The number of aromatic nitrogens is 2. The summed E-state index contributed by atoms with van der Waals surface area (Å²) in [4.78, 5) is 55.2. The van der Waals surface area contributed by atoms with Gasteiger partial charge in [0.05, 0.1) is 30.5 Å². The third-order valence-corrected chi connectivity index (χ3v) is 8.85. The van der Waals surface area contributed by atoms with Crippen LogP contribution in [0.15, 0.2) is 66.9 Å². The van der Waals surface area contributed by atoms with Gasteiger partial charge in [-0.3, -0.25) is 24.3 Å². The molecule has 1 N–H and O–H groups in total. The molecule has 3 amide bonds. The maximum Gasteiger partial charge on any atom is 0.270 e. The van der Waals surface area contributed by atoms with Crippen LogP contribution in [0.4, 0.5) is 4.39 Å². The van der Waals surface area contributed by atoms with Crippen LogP contribution in [-0.2, 0) is 16.1 Å². The minimum atomic E-state index is -0.558. The first-order chi connectivity index (χ1) is 22.4. The van der Waals surface area contributed by atoms with Gasteiger partial charge in [-0.25, -0.2) is 9.37 Å². The topological polar surface area (TPSA) is 117 Å². The van der Waals surface area contributed by atoms with Crippen molar-refractivity contribution in [2.45, 2.75) is 37.9 Å². The quantitative estimate of drug-likeness (QED) is 0.440. The zero-order valence-corrected chi connectivity index (χ0v) is 25.7. The van der Waals surface area contributed by atoms with E-state index in [1.807, 2.05) is 23.1 Å². The minimum Gasteiger partial charge on any atom is -0.475 e. The number of halogens is 1. The summed E-state index contributed by atoms with van der Waals surface area (Å²) < 4.78 is 26.1. The molecule has 0 radical (unpaired) electrons. The van der Waals surface area contributed by atoms with E-state index in [-0.39, 0.29) is 67.3 Å². The van der Waals surface area contributed by atoms with Gasteiger partial charge in [-0.1, -0.05) is 24.3 Å². The molecule has 6 heterocycles. The van der Waals surface area contributed by atoms with E-state index in [1.165, 1.54) is 12.1 Å². The maximum absolute atomic E-state index is 14.6. The number of pyridine rings is 2. The van der Waals surface area contributed by atoms with Crippen molar-refractivity contribution in [1.82, 2.24) is 30.0 Å². The number of hydrogen-bond donors (Lipinski definition) is 1. The van der Waals surface area contributed by atoms with Crippen LogP contribution in [0.2, 0.25) is 0 Å². The molecule has 7 rings (SSSR count). The van der Waals surface area contributed by atoms with Gasteiger partial charge in [0, 0.05) is 57.6 Å². The molecule has 0 unspecified atom stereocenters. The van der Waals surface area contributed by atoms with E-state index in [2.05, 4.69) is 20.2 Å². The number of fused-ring (bicyclic) bond motifs is 10. The first-order valence-electron chi connectivity index (χ1n) is 15.9. The van der Waals surface area contributed by atoms with E-state index in [1.54, 1.807) is 41.4 Å². The Bertz CT molecular complexity index is 1520. The largest absolute Gasteiger partial charge is 0.475 e. The molecular weight excluding hydrogens is 591 g/mol. The zero-order chi connectivity index (χ0) is 31.9. The van der Waals surface area contributed by atoms with Gasteiger partial charge in [-0.2, -0.15) is 0 Å². The number of amides is 3. The van der Waals surface area contributed by atoms with Crippen LogP contribution in [0, 0.1) is 11.7 Å². The monoisotopic (exact) mass is 630 g/mol. The highest BCUT2D eigenvalue weighted by atomic mass is 19.1. The fourth-order valence-corrected chi connectivity index (χ4v) is 6.44. The lowest BCUT2D eigenvalue weighted by Crippen LogP contribution is -2.49. The Morgan fingerprint density at radius 3 is 2.57 bits per heavy atom. The van der Waals surface area contributed by atoms with Crippen LogP contribution in [0.1, 0.15) is 45.8 Å². The third kappa shape index (κ3) is 7.68. The molecule has 242 valence electrons. The van der Waals surface area contributed by atoms with E-state index < -0.39 is 11.9 Å². The fourth-order valence-electron chi connectivity index (χ4n) is 6.44. The Morgan fingerprint density at radius 1 is 0.935 bits per heavy atom. The van der Waals surface area contributed by atoms with Crippen LogP contribution in [0.3, 0.4) is 0 Å². The van der Waals surface area contributed by atoms with Crippen LogP contribution in [0.25, 0.3) is 0 Å². The number of likely N-dealkylation sites (tertiary alicyclic amines) is 1. The summed E-state index contributed by atoms with van der Waals surface area (Å²) in [6.07, 6.45) is 3.64. The molecule has 2 fully saturated rings. The highest BCUT2D eigenvalue weighted by molar-refractivity contribution is 5.94.